The molecule has 1 aromatic carbocycles. The second-order valence-electron chi connectivity index (χ2n) is 4.82. The van der Waals surface area contributed by atoms with Gasteiger partial charge in [-0.1, -0.05) is 12.1 Å². The lowest BCUT2D eigenvalue weighted by molar-refractivity contribution is -0.116. The van der Waals surface area contributed by atoms with Crippen LogP contribution in [0.2, 0.25) is 0 Å². The summed E-state index contributed by atoms with van der Waals surface area (Å²) in [6.45, 7) is 1.73. The summed E-state index contributed by atoms with van der Waals surface area (Å²) in [6, 6.07) is 8.97. The summed E-state index contributed by atoms with van der Waals surface area (Å²) in [6.07, 6.45) is 2.09. The molecule has 4 nitrogen and oxygen atoms in total. The molecular formula is C16H17NO3S. The van der Waals surface area contributed by atoms with Crippen LogP contribution in [0.3, 0.4) is 0 Å². The molecule has 1 aromatic heterocycles. The number of rotatable bonds is 6. The standard InChI is InChI=1S/C16H17NO3S/c1-11-7-8-12(10-14(11)16(19)20)17-15(18)6-2-4-13-5-3-9-21-13/h3,5,7-10H,2,4,6H2,1H3,(H,17,18)(H,19,20). The first-order chi connectivity index (χ1) is 10.1. The highest BCUT2D eigenvalue weighted by Crippen LogP contribution is 2.16. The highest BCUT2D eigenvalue weighted by Gasteiger charge is 2.09. The smallest absolute Gasteiger partial charge is 0.336 e. The van der Waals surface area contributed by atoms with Crippen molar-refractivity contribution in [2.75, 3.05) is 5.32 Å². The van der Waals surface area contributed by atoms with Crippen LogP contribution in [-0.2, 0) is 11.2 Å². The van der Waals surface area contributed by atoms with Gasteiger partial charge in [0.2, 0.25) is 5.91 Å². The minimum atomic E-state index is -0.985. The molecule has 2 rings (SSSR count). The number of aromatic carboxylic acids is 1. The summed E-state index contributed by atoms with van der Waals surface area (Å²) in [5, 5.41) is 13.8. The van der Waals surface area contributed by atoms with Gasteiger partial charge in [0.05, 0.1) is 5.56 Å². The molecule has 0 saturated carbocycles. The van der Waals surface area contributed by atoms with Crippen LogP contribution in [0.1, 0.15) is 33.6 Å². The highest BCUT2D eigenvalue weighted by molar-refractivity contribution is 7.09. The molecule has 0 bridgehead atoms. The molecule has 0 aliphatic heterocycles. The number of carbonyl (C=O) groups excluding carboxylic acids is 1. The number of aryl methyl sites for hydroxylation is 2. The van der Waals surface area contributed by atoms with Gasteiger partial charge in [-0.05, 0) is 48.9 Å². The first-order valence-corrected chi connectivity index (χ1v) is 7.60. The van der Waals surface area contributed by atoms with Crippen LogP contribution in [0.5, 0.6) is 0 Å². The maximum Gasteiger partial charge on any atom is 0.336 e. The van der Waals surface area contributed by atoms with Gasteiger partial charge in [0.1, 0.15) is 0 Å². The number of nitrogens with one attached hydrogen (secondary N) is 1. The zero-order chi connectivity index (χ0) is 15.2. The molecule has 110 valence electrons. The van der Waals surface area contributed by atoms with E-state index in [-0.39, 0.29) is 11.5 Å². The van der Waals surface area contributed by atoms with E-state index in [0.29, 0.717) is 17.7 Å². The number of hydrogen-bond donors (Lipinski definition) is 2. The number of thiophene rings is 1. The predicted octanol–water partition coefficient (Wildman–Crippen LogP) is 3.72. The molecule has 1 heterocycles. The lowest BCUT2D eigenvalue weighted by Gasteiger charge is -2.07. The lowest BCUT2D eigenvalue weighted by atomic mass is 10.1. The van der Waals surface area contributed by atoms with E-state index >= 15 is 0 Å². The highest BCUT2D eigenvalue weighted by atomic mass is 32.1. The van der Waals surface area contributed by atoms with Gasteiger partial charge in [0.15, 0.2) is 0 Å². The van der Waals surface area contributed by atoms with Crippen molar-refractivity contribution in [2.45, 2.75) is 26.2 Å². The number of anilines is 1. The van der Waals surface area contributed by atoms with Gasteiger partial charge in [-0.25, -0.2) is 4.79 Å². The van der Waals surface area contributed by atoms with Crippen LogP contribution < -0.4 is 5.32 Å². The Bertz CT molecular complexity index is 635. The van der Waals surface area contributed by atoms with Crippen molar-refractivity contribution in [3.05, 3.63) is 51.7 Å². The van der Waals surface area contributed by atoms with Crippen molar-refractivity contribution in [3.8, 4) is 0 Å². The normalized spacial score (nSPS) is 10.3. The van der Waals surface area contributed by atoms with Gasteiger partial charge >= 0.3 is 5.97 Å². The molecule has 1 amide bonds. The number of carboxylic acids is 1. The Balaban J connectivity index is 1.87. The summed E-state index contributed by atoms with van der Waals surface area (Å²) in [5.74, 6) is -1.08. The maximum absolute atomic E-state index is 11.9. The molecule has 2 aromatic rings. The van der Waals surface area contributed by atoms with E-state index in [1.165, 1.54) is 10.9 Å². The first-order valence-electron chi connectivity index (χ1n) is 6.72. The fourth-order valence-corrected chi connectivity index (χ4v) is 2.78. The van der Waals surface area contributed by atoms with E-state index in [4.69, 9.17) is 5.11 Å². The largest absolute Gasteiger partial charge is 0.478 e. The SMILES string of the molecule is Cc1ccc(NC(=O)CCCc2cccs2)cc1C(=O)O. The van der Waals surface area contributed by atoms with Crippen LogP contribution in [0.25, 0.3) is 0 Å². The summed E-state index contributed by atoms with van der Waals surface area (Å²) < 4.78 is 0. The van der Waals surface area contributed by atoms with E-state index < -0.39 is 5.97 Å². The van der Waals surface area contributed by atoms with Crippen LogP contribution in [0, 0.1) is 6.92 Å². The number of carbonyl (C=O) groups is 2. The Kier molecular flexibility index (Phi) is 5.11. The van der Waals surface area contributed by atoms with Gasteiger partial charge in [0.25, 0.3) is 0 Å². The van der Waals surface area contributed by atoms with Gasteiger partial charge in [-0.2, -0.15) is 0 Å². The molecule has 0 unspecified atom stereocenters. The summed E-state index contributed by atoms with van der Waals surface area (Å²) in [5.41, 5.74) is 1.42. The topological polar surface area (TPSA) is 66.4 Å². The Morgan fingerprint density at radius 2 is 2.10 bits per heavy atom. The van der Waals surface area contributed by atoms with Crippen molar-refractivity contribution in [1.82, 2.24) is 0 Å². The van der Waals surface area contributed by atoms with Crippen molar-refractivity contribution in [2.24, 2.45) is 0 Å². The first kappa shape index (κ1) is 15.3. The van der Waals surface area contributed by atoms with Gasteiger partial charge < -0.3 is 10.4 Å². The third-order valence-electron chi connectivity index (χ3n) is 3.16. The van der Waals surface area contributed by atoms with E-state index in [0.717, 1.165) is 12.8 Å². The van der Waals surface area contributed by atoms with Crippen molar-refractivity contribution < 1.29 is 14.7 Å². The van der Waals surface area contributed by atoms with Crippen molar-refractivity contribution in [1.29, 1.82) is 0 Å². The Morgan fingerprint density at radius 3 is 2.76 bits per heavy atom. The third kappa shape index (κ3) is 4.43. The molecule has 0 fully saturated rings. The molecule has 21 heavy (non-hydrogen) atoms. The molecule has 0 aliphatic rings. The zero-order valence-corrected chi connectivity index (χ0v) is 12.6. The second-order valence-corrected chi connectivity index (χ2v) is 5.85. The van der Waals surface area contributed by atoms with E-state index in [2.05, 4.69) is 11.4 Å². The minimum Gasteiger partial charge on any atom is -0.478 e. The molecular weight excluding hydrogens is 286 g/mol. The van der Waals surface area contributed by atoms with Crippen molar-refractivity contribution in [3.63, 3.8) is 0 Å². The molecule has 5 heteroatoms. The Labute approximate surface area is 127 Å². The molecule has 0 saturated heterocycles. The van der Waals surface area contributed by atoms with Crippen LogP contribution in [0.4, 0.5) is 5.69 Å². The van der Waals surface area contributed by atoms with Crippen LogP contribution >= 0.6 is 11.3 Å². The van der Waals surface area contributed by atoms with Gasteiger partial charge in [-0.3, -0.25) is 4.79 Å². The van der Waals surface area contributed by atoms with Crippen molar-refractivity contribution >= 4 is 28.9 Å². The Morgan fingerprint density at radius 1 is 1.29 bits per heavy atom. The van der Waals surface area contributed by atoms with E-state index in [9.17, 15) is 9.59 Å². The average molecular weight is 303 g/mol. The quantitative estimate of drug-likeness (QED) is 0.854. The Hall–Kier alpha value is -2.14. The fraction of sp³-hybridized carbons (Fsp3) is 0.250. The van der Waals surface area contributed by atoms with E-state index in [1.54, 1.807) is 30.4 Å². The summed E-state index contributed by atoms with van der Waals surface area (Å²) >= 11 is 1.69. The molecule has 0 spiro atoms. The molecule has 0 aliphatic carbocycles. The monoisotopic (exact) mass is 303 g/mol. The predicted molar refractivity (Wildman–Crippen MR) is 84.0 cm³/mol. The number of amides is 1. The third-order valence-corrected chi connectivity index (χ3v) is 4.10. The molecule has 0 radical (unpaired) electrons. The van der Waals surface area contributed by atoms with Gasteiger partial charge in [0, 0.05) is 17.0 Å². The van der Waals surface area contributed by atoms with E-state index in [1.807, 2.05) is 11.4 Å². The minimum absolute atomic E-state index is 0.0910. The summed E-state index contributed by atoms with van der Waals surface area (Å²) in [4.78, 5) is 24.2. The maximum atomic E-state index is 11.9. The zero-order valence-electron chi connectivity index (χ0n) is 11.8. The number of hydrogen-bond acceptors (Lipinski definition) is 3. The lowest BCUT2D eigenvalue weighted by Crippen LogP contribution is -2.12. The van der Waals surface area contributed by atoms with Crippen LogP contribution in [0.15, 0.2) is 35.7 Å². The summed E-state index contributed by atoms with van der Waals surface area (Å²) in [7, 11) is 0. The van der Waals surface area contributed by atoms with Crippen LogP contribution in [-0.4, -0.2) is 17.0 Å². The number of benzene rings is 1. The fourth-order valence-electron chi connectivity index (χ4n) is 2.03. The molecule has 2 N–H and O–H groups in total. The average Bonchev–Trinajstić information content (AvgIpc) is 2.94. The second kappa shape index (κ2) is 7.04. The number of carboxylic acid groups (broad SMARTS) is 1. The molecule has 0 atom stereocenters. The van der Waals surface area contributed by atoms with Gasteiger partial charge in [-0.15, -0.1) is 11.3 Å².